The van der Waals surface area contributed by atoms with Gasteiger partial charge < -0.3 is 24.6 Å². The number of carbonyl (C=O) groups is 2. The molecule has 66 heavy (non-hydrogen) atoms. The van der Waals surface area contributed by atoms with Crippen molar-refractivity contribution in [2.45, 2.75) is 114 Å². The Balaban J connectivity index is 0.723. The Morgan fingerprint density at radius 2 is 1.62 bits per heavy atom. The monoisotopic (exact) mass is 914 g/mol. The highest BCUT2D eigenvalue weighted by atomic mass is 19.4. The summed E-state index contributed by atoms with van der Waals surface area (Å²) < 4.78 is 50.7. The van der Waals surface area contributed by atoms with E-state index in [-0.39, 0.29) is 42.2 Å². The average molecular weight is 915 g/mol. The van der Waals surface area contributed by atoms with Gasteiger partial charge in [-0.2, -0.15) is 18.2 Å². The number of ether oxygens (including phenoxy) is 1. The number of hydrogen-bond donors (Lipinski definition) is 3. The van der Waals surface area contributed by atoms with E-state index in [0.717, 1.165) is 119 Å². The number of aliphatic hydroxyl groups excluding tert-OH is 1. The molecule has 0 spiro atoms. The van der Waals surface area contributed by atoms with E-state index >= 15 is 0 Å². The van der Waals surface area contributed by atoms with Crippen LogP contribution in [0.25, 0.3) is 33.2 Å². The quantitative estimate of drug-likeness (QED) is 0.0869. The lowest BCUT2D eigenvalue weighted by atomic mass is 9.93. The van der Waals surface area contributed by atoms with Gasteiger partial charge in [0.05, 0.1) is 29.7 Å². The number of aromatic nitrogens is 5. The minimum atomic E-state index is -4.29. The third kappa shape index (κ3) is 10.5. The average Bonchev–Trinajstić information content (AvgIpc) is 3.96. The summed E-state index contributed by atoms with van der Waals surface area (Å²) in [5, 5.41) is 16.2. The van der Waals surface area contributed by atoms with Gasteiger partial charge in [0.25, 0.3) is 0 Å². The van der Waals surface area contributed by atoms with E-state index in [1.807, 2.05) is 18.2 Å². The molecular weight excluding hydrogens is 854 g/mol. The zero-order chi connectivity index (χ0) is 46.1. The van der Waals surface area contributed by atoms with Gasteiger partial charge in [0.15, 0.2) is 0 Å². The van der Waals surface area contributed by atoms with E-state index < -0.39 is 30.6 Å². The van der Waals surface area contributed by atoms with Crippen LogP contribution in [0.4, 0.5) is 19.1 Å². The number of nitrogens with zero attached hydrogens (tertiary/aromatic N) is 8. The highest BCUT2D eigenvalue weighted by Crippen LogP contribution is 2.37. The molecule has 4 fully saturated rings. The van der Waals surface area contributed by atoms with Crippen LogP contribution < -0.4 is 16.3 Å². The van der Waals surface area contributed by atoms with Crippen molar-refractivity contribution in [3.8, 4) is 11.1 Å². The second kappa shape index (κ2) is 19.6. The molecule has 3 aliphatic heterocycles. The van der Waals surface area contributed by atoms with Crippen molar-refractivity contribution in [2.75, 3.05) is 57.7 Å². The number of imide groups is 1. The van der Waals surface area contributed by atoms with Gasteiger partial charge in [0, 0.05) is 114 Å². The largest absolute Gasteiger partial charge is 0.393 e. The predicted molar refractivity (Wildman–Crippen MR) is 245 cm³/mol. The van der Waals surface area contributed by atoms with Crippen molar-refractivity contribution in [1.82, 2.24) is 43.7 Å². The molecule has 354 valence electrons. The van der Waals surface area contributed by atoms with E-state index in [2.05, 4.69) is 65.3 Å². The number of piperidine rings is 1. The zero-order valence-electron chi connectivity index (χ0n) is 37.8. The molecule has 1 unspecified atom stereocenters. The summed E-state index contributed by atoms with van der Waals surface area (Å²) in [7, 11) is 1.72. The lowest BCUT2D eigenvalue weighted by Crippen LogP contribution is -2.46. The Kier molecular flexibility index (Phi) is 13.7. The maximum atomic E-state index is 13.2. The number of aryl methyl sites for hydroxylation is 1. The summed E-state index contributed by atoms with van der Waals surface area (Å²) in [4.78, 5) is 54.0. The number of alkyl halides is 3. The Hall–Kier alpha value is -5.14. The number of fused-ring (bicyclic) bond motifs is 2. The van der Waals surface area contributed by atoms with Crippen LogP contribution >= 0.6 is 0 Å². The number of amides is 2. The first kappa shape index (κ1) is 46.0. The number of anilines is 1. The molecule has 2 amide bonds. The van der Waals surface area contributed by atoms with Gasteiger partial charge in [-0.1, -0.05) is 30.3 Å². The fourth-order valence-electron chi connectivity index (χ4n) is 10.4. The van der Waals surface area contributed by atoms with Crippen LogP contribution in [0.15, 0.2) is 59.7 Å². The predicted octanol–water partition coefficient (Wildman–Crippen LogP) is 5.76. The smallest absolute Gasteiger partial charge is 0.391 e. The molecule has 15 nitrogen and oxygen atoms in total. The number of carbonyl (C=O) groups excluding carboxylic acids is 2. The summed E-state index contributed by atoms with van der Waals surface area (Å²) in [6.07, 6.45) is 3.86. The number of hydrogen-bond acceptors (Lipinski definition) is 11. The van der Waals surface area contributed by atoms with Gasteiger partial charge >= 0.3 is 11.9 Å². The van der Waals surface area contributed by atoms with Gasteiger partial charge in [0.2, 0.25) is 17.8 Å². The van der Waals surface area contributed by atoms with Crippen molar-refractivity contribution in [2.24, 2.45) is 7.05 Å². The van der Waals surface area contributed by atoms with Gasteiger partial charge in [-0.3, -0.25) is 33.8 Å². The van der Waals surface area contributed by atoms with Crippen LogP contribution in [0, 0.1) is 0 Å². The maximum absolute atomic E-state index is 13.2. The SMILES string of the molecule is C[C@H](CC(F)(F)F)Nc1ncc2c(-c3ccc(CN4CCN(CCCO[C@H]5CCN(Cc6ccc7c(c6)n(C)c(=O)n7C6CCC(=O)NC6=O)C5)CC4)cc3)cn([C@H]3CC[C@H](O)CC3)c2n1. The molecule has 2 aromatic carbocycles. The Morgan fingerprint density at radius 3 is 2.36 bits per heavy atom. The second-order valence-electron chi connectivity index (χ2n) is 18.9. The minimum Gasteiger partial charge on any atom is -0.393 e. The molecule has 3 saturated heterocycles. The third-order valence-electron chi connectivity index (χ3n) is 14.0. The highest BCUT2D eigenvalue weighted by Gasteiger charge is 2.33. The van der Waals surface area contributed by atoms with Crippen LogP contribution in [-0.4, -0.2) is 132 Å². The first-order valence-electron chi connectivity index (χ1n) is 23.5. The topological polar surface area (TPSA) is 155 Å². The third-order valence-corrected chi connectivity index (χ3v) is 14.0. The fraction of sp³-hybridized carbons (Fsp3) is 0.562. The van der Waals surface area contributed by atoms with Crippen molar-refractivity contribution in [3.05, 3.63) is 76.5 Å². The van der Waals surface area contributed by atoms with Gasteiger partial charge in [-0.05, 0) is 80.7 Å². The Morgan fingerprint density at radius 1 is 0.894 bits per heavy atom. The lowest BCUT2D eigenvalue weighted by molar-refractivity contribution is -0.137. The number of imidazole rings is 1. The van der Waals surface area contributed by atoms with Gasteiger partial charge in [-0.15, -0.1) is 0 Å². The molecule has 1 aliphatic carbocycles. The first-order chi connectivity index (χ1) is 31.7. The number of piperazine rings is 1. The van der Waals surface area contributed by atoms with Crippen LogP contribution in [0.3, 0.4) is 0 Å². The minimum absolute atomic E-state index is 0.126. The molecule has 1 saturated carbocycles. The van der Waals surface area contributed by atoms with Crippen molar-refractivity contribution in [3.63, 3.8) is 0 Å². The molecule has 9 rings (SSSR count). The molecular formula is C48H61F3N10O5. The maximum Gasteiger partial charge on any atom is 0.391 e. The number of halogens is 3. The summed E-state index contributed by atoms with van der Waals surface area (Å²) in [5.74, 6) is -0.566. The number of rotatable bonds is 15. The standard InChI is InChI=1S/C48H61F3N10O5/c1-31(25-48(49,50)51)53-46-52-26-38-39(30-60(44(38)55-46)35-9-11-36(62)12-10-35)34-7-4-32(5-8-34)27-58-21-19-57(20-22-58)17-3-23-66-37-16-18-59(29-37)28-33-6-13-40-42(24-33)56(2)47(65)61(40)41-14-15-43(63)54-45(41)64/h4-8,13,24,26,30-31,35-37,41,62H,3,9-12,14-23,25,27-29H2,1-2H3,(H,52,53,55)(H,54,63,64)/t31-,35-,36-,37+,41?/m1/s1. The molecule has 0 radical (unpaired) electrons. The molecule has 3 aromatic heterocycles. The van der Waals surface area contributed by atoms with Crippen molar-refractivity contribution >= 4 is 39.8 Å². The van der Waals surface area contributed by atoms with E-state index in [9.17, 15) is 32.7 Å². The van der Waals surface area contributed by atoms with Crippen molar-refractivity contribution in [1.29, 1.82) is 0 Å². The van der Waals surface area contributed by atoms with Gasteiger partial charge in [0.1, 0.15) is 11.7 Å². The Labute approximate surface area is 381 Å². The number of benzene rings is 2. The molecule has 0 bridgehead atoms. The number of nitrogens with one attached hydrogen (secondary N) is 2. The summed E-state index contributed by atoms with van der Waals surface area (Å²) in [6.45, 7) is 10.6. The van der Waals surface area contributed by atoms with E-state index in [0.29, 0.717) is 30.4 Å². The number of aliphatic hydroxyl groups is 1. The molecule has 4 aliphatic rings. The molecule has 3 N–H and O–H groups in total. The van der Waals surface area contributed by atoms with Gasteiger partial charge in [-0.25, -0.2) is 9.78 Å². The van der Waals surface area contributed by atoms with Crippen LogP contribution in [0.2, 0.25) is 0 Å². The van der Waals surface area contributed by atoms with Crippen LogP contribution in [-0.2, 0) is 34.5 Å². The molecule has 5 aromatic rings. The lowest BCUT2D eigenvalue weighted by Gasteiger charge is -2.34. The second-order valence-corrected chi connectivity index (χ2v) is 18.9. The Bertz CT molecular complexity index is 2580. The highest BCUT2D eigenvalue weighted by molar-refractivity contribution is 6.00. The zero-order valence-corrected chi connectivity index (χ0v) is 37.8. The molecule has 18 heteroatoms. The van der Waals surface area contributed by atoms with E-state index in [1.165, 1.54) is 17.1 Å². The summed E-state index contributed by atoms with van der Waals surface area (Å²) >= 11 is 0. The van der Waals surface area contributed by atoms with Crippen LogP contribution in [0.1, 0.15) is 87.9 Å². The van der Waals surface area contributed by atoms with E-state index in [4.69, 9.17) is 9.72 Å². The summed E-state index contributed by atoms with van der Waals surface area (Å²) in [6, 6.07) is 13.1. The molecule has 3 atom stereocenters. The van der Waals surface area contributed by atoms with Crippen molar-refractivity contribution < 1.29 is 32.6 Å². The number of likely N-dealkylation sites (tertiary alicyclic amines) is 1. The van der Waals surface area contributed by atoms with E-state index in [1.54, 1.807) is 17.8 Å². The fourth-order valence-corrected chi connectivity index (χ4v) is 10.4. The normalized spacial score (nSPS) is 23.2. The molecule has 6 heterocycles. The summed E-state index contributed by atoms with van der Waals surface area (Å²) in [5.41, 5.74) is 6.21. The first-order valence-corrected chi connectivity index (χ1v) is 23.5. The van der Waals surface area contributed by atoms with Crippen LogP contribution in [0.5, 0.6) is 0 Å².